The molecule has 4 saturated heterocycles. The number of allylic oxidation sites excluding steroid dienone is 4. The molecule has 0 bridgehead atoms. The number of rotatable bonds is 3. The van der Waals surface area contributed by atoms with Gasteiger partial charge < -0.3 is 21.3 Å². The average molecular weight is 885 g/mol. The number of nitrogens with zero attached hydrogens (tertiary/aromatic N) is 4. The van der Waals surface area contributed by atoms with Crippen LogP contribution in [0.15, 0.2) is 58.6 Å². The summed E-state index contributed by atoms with van der Waals surface area (Å²) in [5.41, 5.74) is 6.08. The van der Waals surface area contributed by atoms with Crippen LogP contribution in [0, 0.1) is 24.2 Å². The van der Waals surface area contributed by atoms with E-state index in [1.54, 1.807) is 0 Å². The molecule has 15 heteroatoms. The summed E-state index contributed by atoms with van der Waals surface area (Å²) in [5, 5.41) is 16.7. The zero-order valence-electron chi connectivity index (χ0n) is 26.6. The molecule has 6 atom stereocenters. The van der Waals surface area contributed by atoms with Crippen molar-refractivity contribution in [2.24, 2.45) is 11.8 Å². The summed E-state index contributed by atoms with van der Waals surface area (Å²) in [7, 11) is 0. The molecule has 4 nitrogen and oxygen atoms in total. The van der Waals surface area contributed by atoms with Gasteiger partial charge in [-0.25, -0.2) is 17.6 Å². The third kappa shape index (κ3) is 12.8. The molecule has 4 fully saturated rings. The van der Waals surface area contributed by atoms with E-state index in [1.165, 1.54) is 12.2 Å². The van der Waals surface area contributed by atoms with Gasteiger partial charge >= 0.3 is 12.4 Å². The molecule has 0 saturated carbocycles. The standard InChI is InChI=1S/C12H16F6N2.2C11H11F2N.Ir/c13-11(14,15)7-1-3-19-9(5-7)10-6-8(2-4-20-10)12(16,17)18;2*12-8-4-5-9(10(13)7-8)11-3-1-2-6-14-11;/h7-10H,1-6H2;2*4,7,11H,1-3,6H2;/q-2;2*-1;. The molecule has 0 spiro atoms. The van der Waals surface area contributed by atoms with Crippen LogP contribution in [-0.4, -0.2) is 62.7 Å². The Kier molecular flexibility index (Phi) is 16.4. The third-order valence-corrected chi connectivity index (χ3v) is 9.02. The van der Waals surface area contributed by atoms with Crippen LogP contribution in [-0.2, 0) is 20.1 Å². The number of hydrogen-bond acceptors (Lipinski definition) is 0. The monoisotopic (exact) mass is 885 g/mol. The van der Waals surface area contributed by atoms with Crippen molar-refractivity contribution in [2.75, 3.05) is 26.2 Å². The Hall–Kier alpha value is -1.69. The molecular formula is C34H38F10IrN4-4. The minimum Gasteiger partial charge on any atom is -0.661 e. The SMILES string of the molecule is FC(F)(F)C1CC[N-]C(C2CC(C(F)(F)F)CC[N-]2)C1.F[C]1C=C(F)C=C=C1C1CCCC[N-]1.F[C]1C=C(F)C=C=C1C1CCCC[N-]1.[Ir]. The molecule has 0 aromatic rings. The van der Waals surface area contributed by atoms with Crippen LogP contribution in [0.1, 0.15) is 64.2 Å². The van der Waals surface area contributed by atoms with Gasteiger partial charge in [-0.1, -0.05) is 64.2 Å². The van der Waals surface area contributed by atoms with E-state index in [1.807, 2.05) is 0 Å². The van der Waals surface area contributed by atoms with Gasteiger partial charge in [0.05, 0.1) is 11.8 Å². The van der Waals surface area contributed by atoms with Crippen molar-refractivity contribution >= 4 is 0 Å². The molecule has 6 aliphatic rings. The molecule has 4 aliphatic heterocycles. The maximum absolute atomic E-state index is 13.3. The molecule has 0 amide bonds. The van der Waals surface area contributed by atoms with E-state index in [9.17, 15) is 43.9 Å². The maximum Gasteiger partial charge on any atom is 0.391 e. The zero-order valence-corrected chi connectivity index (χ0v) is 29.0. The van der Waals surface area contributed by atoms with Crippen molar-refractivity contribution in [3.8, 4) is 0 Å². The Labute approximate surface area is 294 Å². The second-order valence-electron chi connectivity index (χ2n) is 12.5. The molecule has 277 valence electrons. The zero-order chi connectivity index (χ0) is 34.9. The Bertz CT molecular complexity index is 1160. The van der Waals surface area contributed by atoms with Crippen LogP contribution in [0.2, 0.25) is 0 Å². The smallest absolute Gasteiger partial charge is 0.391 e. The number of halogens is 10. The summed E-state index contributed by atoms with van der Waals surface area (Å²) in [6.45, 7) is 1.65. The summed E-state index contributed by atoms with van der Waals surface area (Å²) in [6.07, 6.45) is -0.194. The largest absolute Gasteiger partial charge is 0.661 e. The van der Waals surface area contributed by atoms with Gasteiger partial charge in [0.15, 0.2) is 0 Å². The Morgan fingerprint density at radius 3 is 1.22 bits per heavy atom. The summed E-state index contributed by atoms with van der Waals surface area (Å²) >= 11 is 0. The summed E-state index contributed by atoms with van der Waals surface area (Å²) in [5.74, 6) is -4.10. The first-order valence-corrected chi connectivity index (χ1v) is 16.3. The van der Waals surface area contributed by atoms with E-state index in [0.717, 1.165) is 63.8 Å². The van der Waals surface area contributed by atoms with E-state index < -0.39 is 60.3 Å². The molecule has 3 radical (unpaired) electrons. The first kappa shape index (κ1) is 41.7. The second-order valence-corrected chi connectivity index (χ2v) is 12.5. The second kappa shape index (κ2) is 19.2. The van der Waals surface area contributed by atoms with Gasteiger partial charge in [0.25, 0.3) is 0 Å². The third-order valence-electron chi connectivity index (χ3n) is 9.02. The van der Waals surface area contributed by atoms with Crippen molar-refractivity contribution in [1.82, 2.24) is 0 Å². The van der Waals surface area contributed by atoms with E-state index in [-0.39, 0.29) is 71.0 Å². The van der Waals surface area contributed by atoms with Crippen LogP contribution < -0.4 is 0 Å². The first-order valence-electron chi connectivity index (χ1n) is 16.3. The van der Waals surface area contributed by atoms with Crippen molar-refractivity contribution in [3.63, 3.8) is 0 Å². The fraction of sp³-hybridized carbons (Fsp3) is 0.647. The number of piperidine rings is 4. The van der Waals surface area contributed by atoms with Gasteiger partial charge in [0.1, 0.15) is 11.7 Å². The molecule has 2 aliphatic carbocycles. The van der Waals surface area contributed by atoms with Crippen molar-refractivity contribution in [1.29, 1.82) is 0 Å². The molecule has 4 heterocycles. The van der Waals surface area contributed by atoms with Crippen LogP contribution >= 0.6 is 0 Å². The minimum absolute atomic E-state index is 0. The van der Waals surface area contributed by atoms with E-state index in [2.05, 4.69) is 32.7 Å². The number of alkyl halides is 6. The molecule has 6 rings (SSSR count). The molecule has 0 aromatic heterocycles. The average Bonchev–Trinajstić information content (AvgIpc) is 3.06. The molecule has 49 heavy (non-hydrogen) atoms. The summed E-state index contributed by atoms with van der Waals surface area (Å²) in [4.78, 5) is 0. The quantitative estimate of drug-likeness (QED) is 0.200. The molecule has 6 unspecified atom stereocenters. The minimum atomic E-state index is -4.30. The fourth-order valence-corrected chi connectivity index (χ4v) is 6.38. The van der Waals surface area contributed by atoms with Gasteiger partial charge in [-0.2, -0.15) is 38.4 Å². The Morgan fingerprint density at radius 1 is 0.531 bits per heavy atom. The van der Waals surface area contributed by atoms with Gasteiger partial charge in [0, 0.05) is 32.3 Å². The molecular weight excluding hydrogens is 847 g/mol. The van der Waals surface area contributed by atoms with E-state index >= 15 is 0 Å². The van der Waals surface area contributed by atoms with Crippen LogP contribution in [0.4, 0.5) is 43.9 Å². The summed E-state index contributed by atoms with van der Waals surface area (Å²) < 4.78 is 128. The van der Waals surface area contributed by atoms with Crippen molar-refractivity contribution < 1.29 is 64.0 Å². The van der Waals surface area contributed by atoms with E-state index in [0.29, 0.717) is 11.1 Å². The molecule has 0 aromatic carbocycles. The van der Waals surface area contributed by atoms with Gasteiger partial charge in [0.2, 0.25) is 12.3 Å². The van der Waals surface area contributed by atoms with Gasteiger partial charge in [-0.05, 0) is 23.3 Å². The Morgan fingerprint density at radius 2 is 0.918 bits per heavy atom. The fourth-order valence-electron chi connectivity index (χ4n) is 6.38. The predicted molar refractivity (Wildman–Crippen MR) is 164 cm³/mol. The predicted octanol–water partition coefficient (Wildman–Crippen LogP) is 11.1. The van der Waals surface area contributed by atoms with Crippen LogP contribution in [0.5, 0.6) is 0 Å². The van der Waals surface area contributed by atoms with Crippen LogP contribution in [0.3, 0.4) is 0 Å². The van der Waals surface area contributed by atoms with Gasteiger partial charge in [-0.15, -0.1) is 49.7 Å². The molecule has 0 N–H and O–H groups in total. The Balaban J connectivity index is 0.000000202. The maximum atomic E-state index is 13.3. The first-order chi connectivity index (χ1) is 22.7. The van der Waals surface area contributed by atoms with Crippen molar-refractivity contribution in [2.45, 2.75) is 101 Å². The van der Waals surface area contributed by atoms with E-state index in [4.69, 9.17) is 0 Å². The van der Waals surface area contributed by atoms with Crippen molar-refractivity contribution in [3.05, 3.63) is 92.2 Å². The van der Waals surface area contributed by atoms with Gasteiger partial charge in [-0.3, -0.25) is 0 Å². The normalized spacial score (nSPS) is 31.4. The number of hydrogen-bond donors (Lipinski definition) is 0. The van der Waals surface area contributed by atoms with Crippen LogP contribution in [0.25, 0.3) is 21.3 Å². The topological polar surface area (TPSA) is 56.4 Å². The summed E-state index contributed by atoms with van der Waals surface area (Å²) in [6, 6.07) is -1.69.